The van der Waals surface area contributed by atoms with Crippen molar-refractivity contribution in [1.82, 2.24) is 19.8 Å². The number of hydrogen-bond donors (Lipinski definition) is 0. The van der Waals surface area contributed by atoms with Gasteiger partial charge in [-0.1, -0.05) is 6.92 Å². The fourth-order valence-electron chi connectivity index (χ4n) is 5.66. The van der Waals surface area contributed by atoms with Crippen LogP contribution in [0.2, 0.25) is 0 Å². The third-order valence-electron chi connectivity index (χ3n) is 7.46. The zero-order valence-corrected chi connectivity index (χ0v) is 18.6. The van der Waals surface area contributed by atoms with Gasteiger partial charge in [-0.05, 0) is 19.9 Å². The van der Waals surface area contributed by atoms with Crippen LogP contribution in [0.3, 0.4) is 0 Å². The SMILES string of the molecule is CCN1CCC2(CC1)OC(=O)C(C)=C2C(=O)N1C[C@@H]2C[C@H]1CN2c1cncc(C(F)(F)F)n1. The summed E-state index contributed by atoms with van der Waals surface area (Å²) in [6.45, 7) is 6.88. The highest BCUT2D eigenvalue weighted by Gasteiger charge is 2.54. The molecule has 3 fully saturated rings. The number of likely N-dealkylation sites (tertiary alicyclic amines) is 2. The molecule has 4 aliphatic rings. The maximum absolute atomic E-state index is 13.7. The van der Waals surface area contributed by atoms with Crippen molar-refractivity contribution in [2.45, 2.75) is 57.0 Å². The highest BCUT2D eigenvalue weighted by atomic mass is 19.4. The van der Waals surface area contributed by atoms with Crippen LogP contribution in [0, 0.1) is 0 Å². The summed E-state index contributed by atoms with van der Waals surface area (Å²) in [5.74, 6) is -0.457. The molecule has 5 heterocycles. The monoisotopic (exact) mass is 465 g/mol. The molecule has 0 aliphatic carbocycles. The lowest BCUT2D eigenvalue weighted by Crippen LogP contribution is -2.53. The van der Waals surface area contributed by atoms with Gasteiger partial charge in [0, 0.05) is 44.6 Å². The Kier molecular flexibility index (Phi) is 5.15. The average Bonchev–Trinajstić information content (AvgIpc) is 3.46. The number of hydrogen-bond acceptors (Lipinski definition) is 7. The lowest BCUT2D eigenvalue weighted by molar-refractivity contribution is -0.151. The zero-order valence-electron chi connectivity index (χ0n) is 18.6. The molecule has 8 nitrogen and oxygen atoms in total. The summed E-state index contributed by atoms with van der Waals surface area (Å²) in [6.07, 6.45) is -0.721. The molecule has 178 valence electrons. The molecule has 2 bridgehead atoms. The molecule has 0 aromatic carbocycles. The van der Waals surface area contributed by atoms with Crippen molar-refractivity contribution in [2.24, 2.45) is 0 Å². The van der Waals surface area contributed by atoms with Gasteiger partial charge in [0.25, 0.3) is 5.91 Å². The van der Waals surface area contributed by atoms with Crippen molar-refractivity contribution in [3.63, 3.8) is 0 Å². The predicted molar refractivity (Wildman–Crippen MR) is 111 cm³/mol. The first kappa shape index (κ1) is 22.1. The zero-order chi connectivity index (χ0) is 23.5. The van der Waals surface area contributed by atoms with Gasteiger partial charge in [0.15, 0.2) is 5.69 Å². The molecule has 0 N–H and O–H groups in total. The highest BCUT2D eigenvalue weighted by molar-refractivity contribution is 6.07. The number of fused-ring (bicyclic) bond motifs is 2. The summed E-state index contributed by atoms with van der Waals surface area (Å²) in [5.41, 5.74) is -1.08. The van der Waals surface area contributed by atoms with Crippen molar-refractivity contribution in [3.8, 4) is 0 Å². The van der Waals surface area contributed by atoms with Crippen LogP contribution < -0.4 is 4.90 Å². The van der Waals surface area contributed by atoms with Gasteiger partial charge in [-0.2, -0.15) is 13.2 Å². The van der Waals surface area contributed by atoms with Crippen LogP contribution in [0.25, 0.3) is 0 Å². The van der Waals surface area contributed by atoms with Crippen molar-refractivity contribution < 1.29 is 27.5 Å². The summed E-state index contributed by atoms with van der Waals surface area (Å²) in [5, 5.41) is 0. The Hall–Kier alpha value is -2.69. The van der Waals surface area contributed by atoms with Crippen molar-refractivity contribution in [3.05, 3.63) is 29.2 Å². The average molecular weight is 465 g/mol. The topological polar surface area (TPSA) is 78.9 Å². The van der Waals surface area contributed by atoms with Crippen LogP contribution in [0.15, 0.2) is 23.5 Å². The number of alkyl halides is 3. The lowest BCUT2D eigenvalue weighted by atomic mass is 9.82. The van der Waals surface area contributed by atoms with Gasteiger partial charge in [-0.3, -0.25) is 9.78 Å². The van der Waals surface area contributed by atoms with E-state index in [1.165, 1.54) is 6.20 Å². The second-order valence-electron chi connectivity index (χ2n) is 9.23. The molecule has 11 heteroatoms. The number of rotatable bonds is 3. The Labute approximate surface area is 189 Å². The highest BCUT2D eigenvalue weighted by Crippen LogP contribution is 2.44. The van der Waals surface area contributed by atoms with E-state index < -0.39 is 23.4 Å². The quantitative estimate of drug-likeness (QED) is 0.632. The molecule has 2 atom stereocenters. The fraction of sp³-hybridized carbons (Fsp3) is 0.636. The molecule has 1 spiro atoms. The number of esters is 1. The Morgan fingerprint density at radius 2 is 1.94 bits per heavy atom. The van der Waals surface area contributed by atoms with E-state index in [4.69, 9.17) is 4.74 Å². The summed E-state index contributed by atoms with van der Waals surface area (Å²) >= 11 is 0. The molecule has 0 saturated carbocycles. The van der Waals surface area contributed by atoms with E-state index in [0.717, 1.165) is 19.6 Å². The van der Waals surface area contributed by atoms with E-state index in [1.54, 1.807) is 16.7 Å². The minimum Gasteiger partial charge on any atom is -0.450 e. The first-order valence-corrected chi connectivity index (χ1v) is 11.3. The number of anilines is 1. The molecular formula is C22H26F3N5O3. The Morgan fingerprint density at radius 3 is 2.55 bits per heavy atom. The third-order valence-corrected chi connectivity index (χ3v) is 7.46. The number of carbonyl (C=O) groups is 2. The van der Waals surface area contributed by atoms with Crippen LogP contribution in [-0.2, 0) is 20.5 Å². The molecule has 4 aliphatic heterocycles. The van der Waals surface area contributed by atoms with Gasteiger partial charge in [0.2, 0.25) is 0 Å². The Balaban J connectivity index is 1.34. The van der Waals surface area contributed by atoms with Crippen LogP contribution in [-0.4, -0.2) is 82.1 Å². The fourth-order valence-corrected chi connectivity index (χ4v) is 5.66. The minimum atomic E-state index is -4.57. The number of carbonyl (C=O) groups excluding carboxylic acids is 2. The van der Waals surface area contributed by atoms with E-state index in [0.29, 0.717) is 49.7 Å². The van der Waals surface area contributed by atoms with E-state index in [2.05, 4.69) is 21.8 Å². The standard InChI is InChI=1S/C22H26F3N5O3/c1-3-28-6-4-21(5-7-28)18(13(2)20(32)33-21)19(31)30-12-14-8-15(30)11-29(14)17-10-26-9-16(27-17)22(23,24)25/h9-10,14-15H,3-8,11-12H2,1-2H3/t14-,15-/m0/s1. The number of piperidine rings is 1. The van der Waals surface area contributed by atoms with Crippen molar-refractivity contribution in [2.75, 3.05) is 37.6 Å². The maximum Gasteiger partial charge on any atom is 0.434 e. The van der Waals surface area contributed by atoms with Crippen molar-refractivity contribution in [1.29, 1.82) is 0 Å². The normalized spacial score (nSPS) is 27.1. The predicted octanol–water partition coefficient (Wildman–Crippen LogP) is 2.01. The van der Waals surface area contributed by atoms with Gasteiger partial charge in [-0.15, -0.1) is 0 Å². The van der Waals surface area contributed by atoms with Crippen LogP contribution in [0.1, 0.15) is 38.8 Å². The number of ether oxygens (including phenoxy) is 1. The lowest BCUT2D eigenvalue weighted by Gasteiger charge is -2.41. The first-order valence-electron chi connectivity index (χ1n) is 11.3. The largest absolute Gasteiger partial charge is 0.450 e. The van der Waals surface area contributed by atoms with E-state index in [-0.39, 0.29) is 23.8 Å². The molecule has 1 aromatic heterocycles. The van der Waals surface area contributed by atoms with Crippen LogP contribution in [0.4, 0.5) is 19.0 Å². The molecule has 1 aromatic rings. The molecular weight excluding hydrogens is 439 g/mol. The molecule has 33 heavy (non-hydrogen) atoms. The van der Waals surface area contributed by atoms with Crippen molar-refractivity contribution >= 4 is 17.7 Å². The minimum absolute atomic E-state index is 0.145. The molecule has 0 radical (unpaired) electrons. The number of amides is 1. The Bertz CT molecular complexity index is 1020. The second-order valence-corrected chi connectivity index (χ2v) is 9.23. The number of aromatic nitrogens is 2. The van der Waals surface area contributed by atoms with Crippen LogP contribution in [0.5, 0.6) is 0 Å². The summed E-state index contributed by atoms with van der Waals surface area (Å²) in [4.78, 5) is 39.4. The molecule has 3 saturated heterocycles. The van der Waals surface area contributed by atoms with Gasteiger partial charge >= 0.3 is 12.1 Å². The second kappa shape index (κ2) is 7.68. The van der Waals surface area contributed by atoms with Crippen LogP contribution >= 0.6 is 0 Å². The molecule has 5 rings (SSSR count). The summed E-state index contributed by atoms with van der Waals surface area (Å²) < 4.78 is 44.9. The number of piperazine rings is 1. The van der Waals surface area contributed by atoms with Gasteiger partial charge in [0.05, 0.1) is 30.1 Å². The summed E-state index contributed by atoms with van der Waals surface area (Å²) in [6, 6.07) is -0.309. The molecule has 0 unspecified atom stereocenters. The number of nitrogens with zero attached hydrogens (tertiary/aromatic N) is 5. The number of halogens is 3. The van der Waals surface area contributed by atoms with E-state index in [9.17, 15) is 22.8 Å². The van der Waals surface area contributed by atoms with Gasteiger partial charge in [0.1, 0.15) is 11.4 Å². The van der Waals surface area contributed by atoms with Gasteiger partial charge < -0.3 is 19.4 Å². The molecule has 1 amide bonds. The van der Waals surface area contributed by atoms with E-state index >= 15 is 0 Å². The Morgan fingerprint density at radius 1 is 1.21 bits per heavy atom. The van der Waals surface area contributed by atoms with Gasteiger partial charge in [-0.25, -0.2) is 9.78 Å². The van der Waals surface area contributed by atoms with E-state index in [1.807, 2.05) is 0 Å². The smallest absolute Gasteiger partial charge is 0.434 e. The first-order chi connectivity index (χ1) is 15.6. The third kappa shape index (κ3) is 3.56. The summed E-state index contributed by atoms with van der Waals surface area (Å²) in [7, 11) is 0. The maximum atomic E-state index is 13.7.